The van der Waals surface area contributed by atoms with E-state index < -0.39 is 0 Å². The first-order valence-electron chi connectivity index (χ1n) is 7.24. The van der Waals surface area contributed by atoms with Crippen LogP contribution in [0.15, 0.2) is 52.3 Å². The van der Waals surface area contributed by atoms with E-state index in [0.29, 0.717) is 5.92 Å². The monoisotopic (exact) mass is 300 g/mol. The minimum Gasteiger partial charge on any atom is -0.352 e. The fraction of sp³-hybridized carbons (Fsp3) is 0.333. The second-order valence-corrected chi connectivity index (χ2v) is 6.29. The summed E-state index contributed by atoms with van der Waals surface area (Å²) in [6.45, 7) is 2.25. The second kappa shape index (κ2) is 6.22. The topological polar surface area (TPSA) is 18.5 Å². The average Bonchev–Trinajstić information content (AvgIpc) is 2.53. The maximum Gasteiger partial charge on any atom is 0.183 e. The van der Waals surface area contributed by atoms with E-state index in [1.54, 1.807) is 14.2 Å². The van der Waals surface area contributed by atoms with Crippen LogP contribution < -0.4 is 0 Å². The van der Waals surface area contributed by atoms with E-state index in [1.165, 1.54) is 20.9 Å². The van der Waals surface area contributed by atoms with Crippen LogP contribution in [0.1, 0.15) is 42.2 Å². The van der Waals surface area contributed by atoms with Gasteiger partial charge in [0.1, 0.15) is 0 Å². The molecule has 0 N–H and O–H groups in total. The molecule has 0 fully saturated rings. The van der Waals surface area contributed by atoms with E-state index in [9.17, 15) is 0 Å². The van der Waals surface area contributed by atoms with Crippen molar-refractivity contribution in [3.05, 3.63) is 59.2 Å². The van der Waals surface area contributed by atoms with E-state index in [4.69, 9.17) is 9.47 Å². The quantitative estimate of drug-likeness (QED) is 0.742. The number of hydrogen-bond acceptors (Lipinski definition) is 3. The van der Waals surface area contributed by atoms with Gasteiger partial charge in [0.15, 0.2) is 6.29 Å². The van der Waals surface area contributed by atoms with Crippen LogP contribution in [0.2, 0.25) is 0 Å². The summed E-state index contributed by atoms with van der Waals surface area (Å²) in [6.07, 6.45) is 0.815. The Labute approximate surface area is 130 Å². The van der Waals surface area contributed by atoms with E-state index >= 15 is 0 Å². The third-order valence-corrected chi connectivity index (χ3v) is 5.20. The number of methoxy groups -OCH3 is 2. The molecule has 0 bridgehead atoms. The summed E-state index contributed by atoms with van der Waals surface area (Å²) < 4.78 is 10.7. The Morgan fingerprint density at radius 1 is 1.00 bits per heavy atom. The predicted octanol–water partition coefficient (Wildman–Crippen LogP) is 4.98. The summed E-state index contributed by atoms with van der Waals surface area (Å²) >= 11 is 1.84. The molecule has 1 atom stereocenters. The molecule has 21 heavy (non-hydrogen) atoms. The van der Waals surface area contributed by atoms with Crippen LogP contribution in [-0.4, -0.2) is 14.2 Å². The minimum absolute atomic E-state index is 0.298. The maximum atomic E-state index is 5.37. The molecule has 0 saturated heterocycles. The lowest BCUT2D eigenvalue weighted by atomic mass is 9.88. The van der Waals surface area contributed by atoms with Crippen LogP contribution in [-0.2, 0) is 9.47 Å². The number of benzene rings is 2. The van der Waals surface area contributed by atoms with Gasteiger partial charge in [-0.25, -0.2) is 0 Å². The van der Waals surface area contributed by atoms with Crippen molar-refractivity contribution in [2.45, 2.75) is 35.3 Å². The molecular formula is C18H20O2S. The average molecular weight is 300 g/mol. The molecule has 0 amide bonds. The Hall–Kier alpha value is -1.29. The van der Waals surface area contributed by atoms with Crippen molar-refractivity contribution in [3.8, 4) is 0 Å². The predicted molar refractivity (Wildman–Crippen MR) is 85.9 cm³/mol. The van der Waals surface area contributed by atoms with Crippen LogP contribution in [0.25, 0.3) is 0 Å². The summed E-state index contributed by atoms with van der Waals surface area (Å²) in [5, 5.41) is 0. The highest BCUT2D eigenvalue weighted by Crippen LogP contribution is 2.47. The molecule has 0 saturated carbocycles. The molecule has 3 heteroatoms. The SMILES string of the molecule is CCC1c2ccccc2Sc2cc(C(OC)OC)ccc21. The minimum atomic E-state index is -0.298. The van der Waals surface area contributed by atoms with Gasteiger partial charge in [-0.15, -0.1) is 0 Å². The standard InChI is InChI=1S/C18H20O2S/c1-4-13-14-7-5-6-8-16(14)21-17-11-12(9-10-15(13)17)18(19-2)20-3/h5-11,13,18H,4H2,1-3H3. The second-order valence-electron chi connectivity index (χ2n) is 5.20. The summed E-state index contributed by atoms with van der Waals surface area (Å²) in [5.74, 6) is 0.482. The first kappa shape index (κ1) is 14.6. The molecule has 1 aliphatic heterocycles. The van der Waals surface area contributed by atoms with Gasteiger partial charge in [-0.2, -0.15) is 0 Å². The highest BCUT2D eigenvalue weighted by Gasteiger charge is 2.25. The summed E-state index contributed by atoms with van der Waals surface area (Å²) in [4.78, 5) is 2.68. The smallest absolute Gasteiger partial charge is 0.183 e. The normalized spacial score (nSPS) is 16.7. The lowest BCUT2D eigenvalue weighted by Crippen LogP contribution is -2.10. The van der Waals surface area contributed by atoms with E-state index in [1.807, 2.05) is 11.8 Å². The molecular weight excluding hydrogens is 280 g/mol. The Morgan fingerprint density at radius 2 is 1.71 bits per heavy atom. The van der Waals surface area contributed by atoms with E-state index in [2.05, 4.69) is 49.4 Å². The largest absolute Gasteiger partial charge is 0.352 e. The van der Waals surface area contributed by atoms with Crippen LogP contribution >= 0.6 is 11.8 Å². The maximum absolute atomic E-state index is 5.37. The Morgan fingerprint density at radius 3 is 2.43 bits per heavy atom. The van der Waals surface area contributed by atoms with Crippen molar-refractivity contribution < 1.29 is 9.47 Å². The van der Waals surface area contributed by atoms with Gasteiger partial charge in [0.25, 0.3) is 0 Å². The Kier molecular flexibility index (Phi) is 4.34. The van der Waals surface area contributed by atoms with Crippen molar-refractivity contribution >= 4 is 11.8 Å². The fourth-order valence-electron chi connectivity index (χ4n) is 3.03. The molecule has 1 aliphatic rings. The highest BCUT2D eigenvalue weighted by molar-refractivity contribution is 7.99. The zero-order chi connectivity index (χ0) is 14.8. The van der Waals surface area contributed by atoms with Crippen LogP contribution in [0.3, 0.4) is 0 Å². The lowest BCUT2D eigenvalue weighted by Gasteiger charge is -2.28. The van der Waals surface area contributed by atoms with Gasteiger partial charge >= 0.3 is 0 Å². The number of ether oxygens (including phenoxy) is 2. The molecule has 0 aromatic heterocycles. The van der Waals surface area contributed by atoms with Crippen LogP contribution in [0, 0.1) is 0 Å². The molecule has 1 heterocycles. The number of rotatable bonds is 4. The summed E-state index contributed by atoms with van der Waals surface area (Å²) in [7, 11) is 3.34. The van der Waals surface area contributed by atoms with Gasteiger partial charge in [-0.1, -0.05) is 49.0 Å². The molecule has 0 aliphatic carbocycles. The Balaban J connectivity index is 2.05. The highest BCUT2D eigenvalue weighted by atomic mass is 32.2. The van der Waals surface area contributed by atoms with Crippen LogP contribution in [0.4, 0.5) is 0 Å². The van der Waals surface area contributed by atoms with E-state index in [-0.39, 0.29) is 6.29 Å². The van der Waals surface area contributed by atoms with Crippen molar-refractivity contribution in [1.29, 1.82) is 0 Å². The van der Waals surface area contributed by atoms with Gasteiger partial charge in [-0.05, 0) is 29.7 Å². The lowest BCUT2D eigenvalue weighted by molar-refractivity contribution is -0.106. The van der Waals surface area contributed by atoms with Crippen molar-refractivity contribution in [1.82, 2.24) is 0 Å². The molecule has 2 nitrogen and oxygen atoms in total. The van der Waals surface area contributed by atoms with E-state index in [0.717, 1.165) is 12.0 Å². The zero-order valence-electron chi connectivity index (χ0n) is 12.6. The van der Waals surface area contributed by atoms with Gasteiger partial charge in [0.2, 0.25) is 0 Å². The number of hydrogen-bond donors (Lipinski definition) is 0. The summed E-state index contributed by atoms with van der Waals surface area (Å²) in [6, 6.07) is 15.3. The molecule has 2 aromatic carbocycles. The molecule has 0 radical (unpaired) electrons. The van der Waals surface area contributed by atoms with Gasteiger partial charge < -0.3 is 9.47 Å². The third-order valence-electron chi connectivity index (χ3n) is 4.04. The van der Waals surface area contributed by atoms with Crippen molar-refractivity contribution in [3.63, 3.8) is 0 Å². The zero-order valence-corrected chi connectivity index (χ0v) is 13.4. The first-order chi connectivity index (χ1) is 10.3. The van der Waals surface area contributed by atoms with Crippen molar-refractivity contribution in [2.75, 3.05) is 14.2 Å². The van der Waals surface area contributed by atoms with Gasteiger partial charge in [0.05, 0.1) is 0 Å². The number of fused-ring (bicyclic) bond motifs is 2. The van der Waals surface area contributed by atoms with Gasteiger partial charge in [0, 0.05) is 35.5 Å². The molecule has 3 rings (SSSR count). The molecule has 110 valence electrons. The summed E-state index contributed by atoms with van der Waals surface area (Å²) in [5.41, 5.74) is 3.93. The molecule has 2 aromatic rings. The van der Waals surface area contributed by atoms with Gasteiger partial charge in [-0.3, -0.25) is 0 Å². The molecule has 1 unspecified atom stereocenters. The third kappa shape index (κ3) is 2.61. The fourth-order valence-corrected chi connectivity index (χ4v) is 4.26. The van der Waals surface area contributed by atoms with Crippen molar-refractivity contribution in [2.24, 2.45) is 0 Å². The Bertz CT molecular complexity index is 635. The first-order valence-corrected chi connectivity index (χ1v) is 8.06. The molecule has 0 spiro atoms. The van der Waals surface area contributed by atoms with Crippen LogP contribution in [0.5, 0.6) is 0 Å².